The lowest BCUT2D eigenvalue weighted by molar-refractivity contribution is -0.141. The highest BCUT2D eigenvalue weighted by Gasteiger charge is 2.21. The summed E-state index contributed by atoms with van der Waals surface area (Å²) in [4.78, 5) is 28.8. The van der Waals surface area contributed by atoms with Crippen molar-refractivity contribution in [1.82, 2.24) is 20.1 Å². The van der Waals surface area contributed by atoms with Gasteiger partial charge in [-0.25, -0.2) is 4.98 Å². The molecule has 0 radical (unpaired) electrons. The second-order valence-corrected chi connectivity index (χ2v) is 7.09. The van der Waals surface area contributed by atoms with Gasteiger partial charge in [-0.15, -0.1) is 11.3 Å². The number of hydrogen-bond donors (Lipinski definition) is 1. The molecule has 0 saturated heterocycles. The molecule has 140 valence electrons. The lowest BCUT2D eigenvalue weighted by atomic mass is 10.0. The Labute approximate surface area is 164 Å². The Balaban J connectivity index is 1.78. The standard InChI is InChI=1S/C18H17ClN4O3S/c1-23-9-12(8-20-23)18-22-15(10-27-18)17(25)21-14(7-16(24)26-2)11-3-5-13(19)6-4-11/h3-6,8-10,14H,7H2,1-2H3,(H,21,25). The average Bonchev–Trinajstić information content (AvgIpc) is 3.30. The van der Waals surface area contributed by atoms with E-state index in [1.165, 1.54) is 18.4 Å². The third-order valence-electron chi connectivity index (χ3n) is 3.86. The molecule has 3 aromatic rings. The van der Waals surface area contributed by atoms with Crippen LogP contribution < -0.4 is 5.32 Å². The van der Waals surface area contributed by atoms with Gasteiger partial charge in [0.05, 0.1) is 25.8 Å². The lowest BCUT2D eigenvalue weighted by Gasteiger charge is -2.17. The molecule has 1 unspecified atom stereocenters. The van der Waals surface area contributed by atoms with Gasteiger partial charge in [-0.2, -0.15) is 5.10 Å². The monoisotopic (exact) mass is 404 g/mol. The number of thiazole rings is 1. The molecule has 0 fully saturated rings. The van der Waals surface area contributed by atoms with Gasteiger partial charge in [0.2, 0.25) is 0 Å². The van der Waals surface area contributed by atoms with Crippen molar-refractivity contribution in [2.45, 2.75) is 12.5 Å². The first-order valence-corrected chi connectivity index (χ1v) is 9.29. The van der Waals surface area contributed by atoms with Crippen LogP contribution in [0, 0.1) is 0 Å². The predicted molar refractivity (Wildman–Crippen MR) is 103 cm³/mol. The number of aryl methyl sites for hydroxylation is 1. The molecule has 1 atom stereocenters. The molecule has 1 amide bonds. The van der Waals surface area contributed by atoms with Gasteiger partial charge in [-0.3, -0.25) is 14.3 Å². The zero-order valence-corrected chi connectivity index (χ0v) is 16.3. The normalized spacial score (nSPS) is 11.8. The first-order valence-electron chi connectivity index (χ1n) is 8.04. The van der Waals surface area contributed by atoms with Crippen molar-refractivity contribution in [1.29, 1.82) is 0 Å². The van der Waals surface area contributed by atoms with Crippen molar-refractivity contribution in [2.24, 2.45) is 7.05 Å². The number of nitrogens with zero attached hydrogens (tertiary/aromatic N) is 3. The minimum absolute atomic E-state index is 0.00344. The van der Waals surface area contributed by atoms with E-state index in [0.29, 0.717) is 10.0 Å². The smallest absolute Gasteiger partial charge is 0.307 e. The quantitative estimate of drug-likeness (QED) is 0.637. The van der Waals surface area contributed by atoms with Crippen LogP contribution in [0.25, 0.3) is 10.6 Å². The van der Waals surface area contributed by atoms with E-state index in [-0.39, 0.29) is 18.0 Å². The van der Waals surface area contributed by atoms with Gasteiger partial charge in [0.15, 0.2) is 0 Å². The number of amides is 1. The van der Waals surface area contributed by atoms with Crippen molar-refractivity contribution >= 4 is 34.8 Å². The molecule has 1 N–H and O–H groups in total. The SMILES string of the molecule is COC(=O)CC(NC(=O)c1csc(-c2cnn(C)c2)n1)c1ccc(Cl)cc1. The lowest BCUT2D eigenvalue weighted by Crippen LogP contribution is -2.30. The Hall–Kier alpha value is -2.71. The largest absolute Gasteiger partial charge is 0.469 e. The molecule has 0 aliphatic carbocycles. The number of halogens is 1. The molecule has 0 saturated carbocycles. The highest BCUT2D eigenvalue weighted by molar-refractivity contribution is 7.13. The van der Waals surface area contributed by atoms with Crippen molar-refractivity contribution in [3.05, 3.63) is 58.3 Å². The highest BCUT2D eigenvalue weighted by Crippen LogP contribution is 2.24. The van der Waals surface area contributed by atoms with Crippen LogP contribution in [-0.2, 0) is 16.6 Å². The summed E-state index contributed by atoms with van der Waals surface area (Å²) in [6, 6.07) is 6.38. The van der Waals surface area contributed by atoms with E-state index in [0.717, 1.165) is 11.1 Å². The second kappa shape index (κ2) is 8.32. The summed E-state index contributed by atoms with van der Waals surface area (Å²) in [6.45, 7) is 0. The van der Waals surface area contributed by atoms with Gasteiger partial charge in [0, 0.05) is 29.2 Å². The molecular formula is C18H17ClN4O3S. The van der Waals surface area contributed by atoms with Crippen LogP contribution in [0.4, 0.5) is 0 Å². The van der Waals surface area contributed by atoms with Gasteiger partial charge in [-0.1, -0.05) is 23.7 Å². The Bertz CT molecular complexity index is 952. The van der Waals surface area contributed by atoms with Crippen LogP contribution in [0.15, 0.2) is 42.0 Å². The van der Waals surface area contributed by atoms with Crippen LogP contribution >= 0.6 is 22.9 Å². The summed E-state index contributed by atoms with van der Waals surface area (Å²) in [6.07, 6.45) is 3.52. The molecule has 2 aromatic heterocycles. The third kappa shape index (κ3) is 4.72. The third-order valence-corrected chi connectivity index (χ3v) is 5.01. The number of benzene rings is 1. The number of nitrogens with one attached hydrogen (secondary N) is 1. The van der Waals surface area contributed by atoms with Gasteiger partial charge >= 0.3 is 5.97 Å². The average molecular weight is 405 g/mol. The Morgan fingerprint density at radius 1 is 1.33 bits per heavy atom. The number of esters is 1. The zero-order chi connectivity index (χ0) is 19.4. The number of ether oxygens (including phenoxy) is 1. The molecule has 27 heavy (non-hydrogen) atoms. The number of rotatable bonds is 6. The first kappa shape index (κ1) is 19.1. The molecule has 0 aliphatic rings. The summed E-state index contributed by atoms with van der Waals surface area (Å²) < 4.78 is 6.41. The molecule has 0 spiro atoms. The van der Waals surface area contributed by atoms with Crippen LogP contribution in [0.3, 0.4) is 0 Å². The summed E-state index contributed by atoms with van der Waals surface area (Å²) in [5.41, 5.74) is 1.87. The van der Waals surface area contributed by atoms with Crippen molar-refractivity contribution < 1.29 is 14.3 Å². The summed E-state index contributed by atoms with van der Waals surface area (Å²) >= 11 is 7.27. The number of carbonyl (C=O) groups excluding carboxylic acids is 2. The van der Waals surface area contributed by atoms with E-state index in [4.69, 9.17) is 16.3 Å². The molecule has 0 aliphatic heterocycles. The fourth-order valence-electron chi connectivity index (χ4n) is 2.47. The Morgan fingerprint density at radius 3 is 2.70 bits per heavy atom. The maximum atomic E-state index is 12.6. The van der Waals surface area contributed by atoms with Crippen LogP contribution in [0.1, 0.15) is 28.5 Å². The molecule has 9 heteroatoms. The van der Waals surface area contributed by atoms with E-state index in [1.54, 1.807) is 40.5 Å². The minimum Gasteiger partial charge on any atom is -0.469 e. The summed E-state index contributed by atoms with van der Waals surface area (Å²) in [5.74, 6) is -0.796. The Kier molecular flexibility index (Phi) is 5.88. The van der Waals surface area contributed by atoms with E-state index >= 15 is 0 Å². The zero-order valence-electron chi connectivity index (χ0n) is 14.7. The van der Waals surface area contributed by atoms with Crippen molar-refractivity contribution in [3.63, 3.8) is 0 Å². The van der Waals surface area contributed by atoms with E-state index in [9.17, 15) is 9.59 Å². The number of aromatic nitrogens is 3. The van der Waals surface area contributed by atoms with Gasteiger partial charge in [-0.05, 0) is 17.7 Å². The van der Waals surface area contributed by atoms with Crippen molar-refractivity contribution in [2.75, 3.05) is 7.11 Å². The molecule has 3 rings (SSSR count). The van der Waals surface area contributed by atoms with Crippen molar-refractivity contribution in [3.8, 4) is 10.6 Å². The van der Waals surface area contributed by atoms with Crippen LogP contribution in [-0.4, -0.2) is 33.8 Å². The molecule has 7 nitrogen and oxygen atoms in total. The van der Waals surface area contributed by atoms with E-state index < -0.39 is 12.0 Å². The maximum Gasteiger partial charge on any atom is 0.307 e. The molecule has 2 heterocycles. The molecular weight excluding hydrogens is 388 g/mol. The predicted octanol–water partition coefficient (Wildman–Crippen LogP) is 3.23. The fraction of sp³-hybridized carbons (Fsp3) is 0.222. The summed E-state index contributed by atoms with van der Waals surface area (Å²) in [7, 11) is 3.12. The van der Waals surface area contributed by atoms with Gasteiger partial charge in [0.25, 0.3) is 5.91 Å². The number of carbonyl (C=O) groups is 2. The van der Waals surface area contributed by atoms with E-state index in [2.05, 4.69) is 15.4 Å². The second-order valence-electron chi connectivity index (χ2n) is 5.80. The number of hydrogen-bond acceptors (Lipinski definition) is 6. The fourth-order valence-corrected chi connectivity index (χ4v) is 3.37. The first-order chi connectivity index (χ1) is 13.0. The van der Waals surface area contributed by atoms with Gasteiger partial charge in [0.1, 0.15) is 10.7 Å². The highest BCUT2D eigenvalue weighted by atomic mass is 35.5. The van der Waals surface area contributed by atoms with E-state index in [1.807, 2.05) is 13.2 Å². The number of methoxy groups -OCH3 is 1. The Morgan fingerprint density at radius 2 is 2.07 bits per heavy atom. The molecule has 0 bridgehead atoms. The molecule has 1 aromatic carbocycles. The van der Waals surface area contributed by atoms with Gasteiger partial charge < -0.3 is 10.1 Å². The van der Waals surface area contributed by atoms with Crippen LogP contribution in [0.5, 0.6) is 0 Å². The van der Waals surface area contributed by atoms with Crippen LogP contribution in [0.2, 0.25) is 5.02 Å². The maximum absolute atomic E-state index is 12.6. The topological polar surface area (TPSA) is 86.1 Å². The summed E-state index contributed by atoms with van der Waals surface area (Å²) in [5, 5.41) is 9.90. The minimum atomic E-state index is -0.550.